The maximum absolute atomic E-state index is 15.2. The quantitative estimate of drug-likeness (QED) is 0.342. The van der Waals surface area contributed by atoms with Gasteiger partial charge >= 0.3 is 5.97 Å². The molecule has 0 aromatic carbocycles. The molecule has 0 aliphatic rings. The van der Waals surface area contributed by atoms with E-state index in [-0.39, 0.29) is 35.1 Å². The second-order valence-electron chi connectivity index (χ2n) is 6.74. The Morgan fingerprint density at radius 3 is 2.87 bits per heavy atom. The number of anilines is 2. The molecule has 6 nitrogen and oxygen atoms in total. The minimum absolute atomic E-state index is 0.0201. The van der Waals surface area contributed by atoms with Crippen molar-refractivity contribution in [1.82, 2.24) is 15.0 Å². The lowest BCUT2D eigenvalue weighted by atomic mass is 9.98. The highest BCUT2D eigenvalue weighted by atomic mass is 35.5. The average Bonchev–Trinajstić information content (AvgIpc) is 3.25. The summed E-state index contributed by atoms with van der Waals surface area (Å²) in [5.74, 6) is -0.918. The van der Waals surface area contributed by atoms with E-state index in [4.69, 9.17) is 16.3 Å². The maximum atomic E-state index is 15.2. The molecule has 0 saturated heterocycles. The van der Waals surface area contributed by atoms with Crippen LogP contribution in [-0.2, 0) is 9.53 Å². The molecule has 0 spiro atoms. The summed E-state index contributed by atoms with van der Waals surface area (Å²) >= 11 is 7.44. The fraction of sp³-hybridized carbons (Fsp3) is 0.333. The van der Waals surface area contributed by atoms with Gasteiger partial charge in [-0.2, -0.15) is 4.98 Å². The smallest absolute Gasteiger partial charge is 0.305 e. The molecule has 3 rings (SSSR count). The van der Waals surface area contributed by atoms with Crippen molar-refractivity contribution in [1.29, 1.82) is 0 Å². The molecule has 30 heavy (non-hydrogen) atoms. The third-order valence-electron chi connectivity index (χ3n) is 4.56. The molecule has 0 fully saturated rings. The number of pyridine rings is 1. The topological polar surface area (TPSA) is 77.0 Å². The third-order valence-corrected chi connectivity index (χ3v) is 5.61. The molecule has 3 aromatic heterocycles. The molecule has 0 aliphatic heterocycles. The molecule has 0 aliphatic carbocycles. The van der Waals surface area contributed by atoms with Crippen molar-refractivity contribution in [2.45, 2.75) is 39.5 Å². The highest BCUT2D eigenvalue weighted by Crippen LogP contribution is 2.34. The first-order chi connectivity index (χ1) is 14.4. The van der Waals surface area contributed by atoms with Gasteiger partial charge in [0.15, 0.2) is 11.6 Å². The number of halogens is 2. The Morgan fingerprint density at radius 1 is 1.37 bits per heavy atom. The van der Waals surface area contributed by atoms with Gasteiger partial charge in [-0.05, 0) is 54.9 Å². The van der Waals surface area contributed by atoms with Crippen LogP contribution in [0.4, 0.5) is 15.9 Å². The highest BCUT2D eigenvalue weighted by Gasteiger charge is 2.21. The number of hydrogen-bond donors (Lipinski definition) is 1. The zero-order valence-electron chi connectivity index (χ0n) is 16.9. The van der Waals surface area contributed by atoms with Crippen LogP contribution < -0.4 is 5.32 Å². The fourth-order valence-electron chi connectivity index (χ4n) is 3.02. The maximum Gasteiger partial charge on any atom is 0.305 e. The van der Waals surface area contributed by atoms with E-state index < -0.39 is 5.82 Å². The molecule has 0 saturated carbocycles. The lowest BCUT2D eigenvalue weighted by Gasteiger charge is -2.18. The van der Waals surface area contributed by atoms with Crippen molar-refractivity contribution in [3.63, 3.8) is 0 Å². The average molecular weight is 449 g/mol. The summed E-state index contributed by atoms with van der Waals surface area (Å²) in [5, 5.41) is 4.85. The van der Waals surface area contributed by atoms with Gasteiger partial charge in [0.2, 0.25) is 5.28 Å². The number of nitrogens with zero attached hydrogens (tertiary/aromatic N) is 3. The number of carbonyl (C=O) groups excluding carboxylic acids is 1. The summed E-state index contributed by atoms with van der Waals surface area (Å²) in [6.45, 7) is 5.99. The van der Waals surface area contributed by atoms with E-state index in [1.807, 2.05) is 31.4 Å². The normalized spacial score (nSPS) is 11.9. The van der Waals surface area contributed by atoms with E-state index in [0.29, 0.717) is 29.3 Å². The number of carbonyl (C=O) groups is 1. The van der Waals surface area contributed by atoms with Gasteiger partial charge in [0.25, 0.3) is 0 Å². The van der Waals surface area contributed by atoms with E-state index in [0.717, 1.165) is 5.56 Å². The number of ether oxygens (including phenoxy) is 1. The Labute approximate surface area is 183 Å². The van der Waals surface area contributed by atoms with Crippen molar-refractivity contribution in [3.05, 3.63) is 52.1 Å². The van der Waals surface area contributed by atoms with Crippen LogP contribution in [-0.4, -0.2) is 27.5 Å². The first-order valence-corrected chi connectivity index (χ1v) is 10.8. The molecule has 0 radical (unpaired) electrons. The predicted octanol–water partition coefficient (Wildman–Crippen LogP) is 5.89. The summed E-state index contributed by atoms with van der Waals surface area (Å²) in [5.41, 5.74) is 2.37. The summed E-state index contributed by atoms with van der Waals surface area (Å²) in [6.07, 6.45) is 2.52. The van der Waals surface area contributed by atoms with Crippen LogP contribution in [0.3, 0.4) is 0 Å². The lowest BCUT2D eigenvalue weighted by Crippen LogP contribution is -2.10. The Kier molecular flexibility index (Phi) is 7.33. The van der Waals surface area contributed by atoms with E-state index in [1.54, 1.807) is 19.2 Å². The van der Waals surface area contributed by atoms with Crippen LogP contribution in [0.5, 0.6) is 0 Å². The summed E-state index contributed by atoms with van der Waals surface area (Å²) in [7, 11) is 0. The molecule has 3 aromatic rings. The van der Waals surface area contributed by atoms with Crippen LogP contribution in [0.2, 0.25) is 5.28 Å². The molecule has 1 unspecified atom stereocenters. The Balaban J connectivity index is 1.91. The van der Waals surface area contributed by atoms with Crippen molar-refractivity contribution in [2.24, 2.45) is 0 Å². The SMILES string of the molecule is CCOC(=O)CCC(C)c1nccc(C)c1Nc1nc(Cl)nc(-c2cccs2)c1F. The minimum atomic E-state index is -0.588. The summed E-state index contributed by atoms with van der Waals surface area (Å²) < 4.78 is 20.2. The second-order valence-corrected chi connectivity index (χ2v) is 8.02. The Morgan fingerprint density at radius 2 is 2.17 bits per heavy atom. The van der Waals surface area contributed by atoms with Crippen LogP contribution in [0, 0.1) is 12.7 Å². The molecule has 0 amide bonds. The molecule has 1 N–H and O–H groups in total. The Hall–Kier alpha value is -2.58. The molecule has 9 heteroatoms. The number of esters is 1. The highest BCUT2D eigenvalue weighted by molar-refractivity contribution is 7.13. The van der Waals surface area contributed by atoms with Crippen molar-refractivity contribution >= 4 is 40.4 Å². The van der Waals surface area contributed by atoms with Gasteiger partial charge < -0.3 is 10.1 Å². The Bertz CT molecular complexity index is 1030. The number of aryl methyl sites for hydroxylation is 1. The first-order valence-electron chi connectivity index (χ1n) is 9.55. The van der Waals surface area contributed by atoms with Gasteiger partial charge in [0.1, 0.15) is 5.69 Å². The molecule has 3 heterocycles. The zero-order valence-corrected chi connectivity index (χ0v) is 18.5. The van der Waals surface area contributed by atoms with Crippen molar-refractivity contribution in [2.75, 3.05) is 11.9 Å². The second kappa shape index (κ2) is 9.95. The van der Waals surface area contributed by atoms with Crippen molar-refractivity contribution < 1.29 is 13.9 Å². The van der Waals surface area contributed by atoms with Gasteiger partial charge in [0.05, 0.1) is 22.9 Å². The molecule has 1 atom stereocenters. The van der Waals surface area contributed by atoms with E-state index in [1.165, 1.54) is 11.3 Å². The van der Waals surface area contributed by atoms with Crippen LogP contribution >= 0.6 is 22.9 Å². The number of nitrogens with one attached hydrogen (secondary N) is 1. The fourth-order valence-corrected chi connectivity index (χ4v) is 3.89. The predicted molar refractivity (Wildman–Crippen MR) is 117 cm³/mol. The van der Waals surface area contributed by atoms with Gasteiger partial charge in [-0.1, -0.05) is 13.0 Å². The summed E-state index contributed by atoms with van der Waals surface area (Å²) in [6, 6.07) is 5.41. The number of hydrogen-bond acceptors (Lipinski definition) is 7. The molecule has 0 bridgehead atoms. The third kappa shape index (κ3) is 5.12. The largest absolute Gasteiger partial charge is 0.466 e. The van der Waals surface area contributed by atoms with Crippen LogP contribution in [0.1, 0.15) is 43.9 Å². The van der Waals surface area contributed by atoms with Gasteiger partial charge in [-0.3, -0.25) is 9.78 Å². The number of rotatable bonds is 8. The molecular weight excluding hydrogens is 427 g/mol. The molecule has 158 valence electrons. The number of aromatic nitrogens is 3. The van der Waals surface area contributed by atoms with Crippen LogP contribution in [0.25, 0.3) is 10.6 Å². The summed E-state index contributed by atoms with van der Waals surface area (Å²) in [4.78, 5) is 24.9. The lowest BCUT2D eigenvalue weighted by molar-refractivity contribution is -0.143. The van der Waals surface area contributed by atoms with Gasteiger partial charge in [-0.15, -0.1) is 11.3 Å². The van der Waals surface area contributed by atoms with E-state index in [2.05, 4.69) is 20.3 Å². The van der Waals surface area contributed by atoms with E-state index in [9.17, 15) is 4.79 Å². The van der Waals surface area contributed by atoms with Gasteiger partial charge in [0, 0.05) is 18.5 Å². The molecular formula is C21H22ClFN4O2S. The van der Waals surface area contributed by atoms with E-state index >= 15 is 4.39 Å². The first kappa shape index (κ1) is 22.1. The van der Waals surface area contributed by atoms with Gasteiger partial charge in [-0.25, -0.2) is 9.37 Å². The minimum Gasteiger partial charge on any atom is -0.466 e. The monoisotopic (exact) mass is 448 g/mol. The zero-order chi connectivity index (χ0) is 21.7. The van der Waals surface area contributed by atoms with Crippen molar-refractivity contribution in [3.8, 4) is 10.6 Å². The van der Waals surface area contributed by atoms with Crippen LogP contribution in [0.15, 0.2) is 29.8 Å². The number of thiophene rings is 1. The standard InChI is InChI=1S/C21H22ClFN4O2S/c1-4-29-15(28)8-7-12(2)17-18(13(3)9-10-24-17)25-20-16(23)19(26-21(22)27-20)14-6-5-11-30-14/h5-6,9-12H,4,7-8H2,1-3H3,(H,25,26,27).